The van der Waals surface area contributed by atoms with Gasteiger partial charge in [0.15, 0.2) is 0 Å². The van der Waals surface area contributed by atoms with E-state index in [4.69, 9.17) is 15.2 Å². The summed E-state index contributed by atoms with van der Waals surface area (Å²) in [6.07, 6.45) is 0.276. The van der Waals surface area contributed by atoms with Gasteiger partial charge in [0.25, 0.3) is 0 Å². The van der Waals surface area contributed by atoms with Crippen LogP contribution < -0.4 is 5.73 Å². The molecule has 2 atom stereocenters. The Morgan fingerprint density at radius 3 is 1.83 bits per heavy atom. The van der Waals surface area contributed by atoms with Crippen LogP contribution in [0.2, 0.25) is 0 Å². The standard InChI is InChI=1S/C25H33NO4/c1-7-25(22(28)30-23(3,4)5,24(6,26)21(27)29-8-2)20-16-14-19(15-17-20)18-12-10-9-11-13-18/h9-17H,7-8,26H2,1-6H3/t24-,25?/m0/s1. The number of carbonyl (C=O) groups excluding carboxylic acids is 2. The number of carbonyl (C=O) groups is 2. The fraction of sp³-hybridized carbons (Fsp3) is 0.440. The lowest BCUT2D eigenvalue weighted by Gasteiger charge is -2.43. The van der Waals surface area contributed by atoms with Crippen LogP contribution in [0.3, 0.4) is 0 Å². The molecule has 1 unspecified atom stereocenters. The average molecular weight is 412 g/mol. The fourth-order valence-electron chi connectivity index (χ4n) is 3.74. The van der Waals surface area contributed by atoms with E-state index in [0.717, 1.165) is 11.1 Å². The first-order valence-corrected chi connectivity index (χ1v) is 10.3. The van der Waals surface area contributed by atoms with Gasteiger partial charge >= 0.3 is 11.9 Å². The van der Waals surface area contributed by atoms with Crippen LogP contribution in [0.25, 0.3) is 11.1 Å². The van der Waals surface area contributed by atoms with Crippen molar-refractivity contribution in [3.05, 3.63) is 60.2 Å². The Balaban J connectivity index is 2.63. The Bertz CT molecular complexity index is 866. The first kappa shape index (κ1) is 23.6. The summed E-state index contributed by atoms with van der Waals surface area (Å²) in [5, 5.41) is 0. The predicted octanol–water partition coefficient (Wildman–Crippen LogP) is 4.62. The summed E-state index contributed by atoms with van der Waals surface area (Å²) in [5.41, 5.74) is 5.50. The molecule has 162 valence electrons. The molecule has 0 aliphatic heterocycles. The van der Waals surface area contributed by atoms with Crippen molar-refractivity contribution in [3.8, 4) is 11.1 Å². The van der Waals surface area contributed by atoms with Crippen molar-refractivity contribution in [2.75, 3.05) is 6.61 Å². The zero-order chi connectivity index (χ0) is 22.6. The lowest BCUT2D eigenvalue weighted by Crippen LogP contribution is -2.66. The largest absolute Gasteiger partial charge is 0.465 e. The Morgan fingerprint density at radius 1 is 0.833 bits per heavy atom. The number of rotatable bonds is 7. The summed E-state index contributed by atoms with van der Waals surface area (Å²) in [4.78, 5) is 26.4. The molecule has 2 N–H and O–H groups in total. The van der Waals surface area contributed by atoms with Crippen LogP contribution in [-0.4, -0.2) is 29.7 Å². The zero-order valence-electron chi connectivity index (χ0n) is 18.8. The molecule has 0 aromatic heterocycles. The van der Waals surface area contributed by atoms with Gasteiger partial charge < -0.3 is 15.2 Å². The maximum atomic E-state index is 13.5. The highest BCUT2D eigenvalue weighted by Crippen LogP contribution is 2.41. The third-order valence-corrected chi connectivity index (χ3v) is 5.35. The van der Waals surface area contributed by atoms with Gasteiger partial charge in [0.1, 0.15) is 16.6 Å². The van der Waals surface area contributed by atoms with Gasteiger partial charge in [0, 0.05) is 0 Å². The van der Waals surface area contributed by atoms with Crippen molar-refractivity contribution in [3.63, 3.8) is 0 Å². The molecule has 5 nitrogen and oxygen atoms in total. The van der Waals surface area contributed by atoms with Crippen LogP contribution in [0, 0.1) is 0 Å². The van der Waals surface area contributed by atoms with Crippen LogP contribution >= 0.6 is 0 Å². The van der Waals surface area contributed by atoms with Gasteiger partial charge in [-0.25, -0.2) is 0 Å². The van der Waals surface area contributed by atoms with Gasteiger partial charge in [0.05, 0.1) is 6.61 Å². The molecule has 0 amide bonds. The molecule has 0 spiro atoms. The van der Waals surface area contributed by atoms with E-state index in [2.05, 4.69) is 0 Å². The average Bonchev–Trinajstić information content (AvgIpc) is 2.69. The summed E-state index contributed by atoms with van der Waals surface area (Å²) < 4.78 is 11.0. The molecule has 0 saturated heterocycles. The van der Waals surface area contributed by atoms with Crippen molar-refractivity contribution in [1.82, 2.24) is 0 Å². The molecule has 0 bridgehead atoms. The van der Waals surface area contributed by atoms with Gasteiger partial charge in [-0.15, -0.1) is 0 Å². The molecule has 0 aliphatic carbocycles. The maximum Gasteiger partial charge on any atom is 0.327 e. The lowest BCUT2D eigenvalue weighted by atomic mass is 9.64. The second-order valence-corrected chi connectivity index (χ2v) is 8.63. The third-order valence-electron chi connectivity index (χ3n) is 5.35. The molecule has 0 radical (unpaired) electrons. The number of esters is 2. The molecular weight excluding hydrogens is 378 g/mol. The highest BCUT2D eigenvalue weighted by Gasteiger charge is 2.58. The van der Waals surface area contributed by atoms with Gasteiger partial charge in [-0.05, 0) is 57.7 Å². The van der Waals surface area contributed by atoms with Crippen LogP contribution in [0.1, 0.15) is 53.5 Å². The minimum absolute atomic E-state index is 0.173. The zero-order valence-corrected chi connectivity index (χ0v) is 18.8. The first-order valence-electron chi connectivity index (χ1n) is 10.3. The normalized spacial score (nSPS) is 15.6. The lowest BCUT2D eigenvalue weighted by molar-refractivity contribution is -0.172. The topological polar surface area (TPSA) is 78.6 Å². The minimum atomic E-state index is -1.62. The molecular formula is C25H33NO4. The van der Waals surface area contributed by atoms with Crippen molar-refractivity contribution in [2.45, 2.75) is 64.5 Å². The summed E-state index contributed by atoms with van der Waals surface area (Å²) >= 11 is 0. The number of hydrogen-bond acceptors (Lipinski definition) is 5. The monoisotopic (exact) mass is 411 g/mol. The Labute approximate surface area is 179 Å². The van der Waals surface area contributed by atoms with Gasteiger partial charge in [-0.1, -0.05) is 61.5 Å². The van der Waals surface area contributed by atoms with Crippen LogP contribution in [0.5, 0.6) is 0 Å². The van der Waals surface area contributed by atoms with E-state index in [1.54, 1.807) is 34.6 Å². The van der Waals surface area contributed by atoms with E-state index in [-0.39, 0.29) is 13.0 Å². The van der Waals surface area contributed by atoms with Crippen molar-refractivity contribution >= 4 is 11.9 Å². The van der Waals surface area contributed by atoms with E-state index in [0.29, 0.717) is 5.56 Å². The van der Waals surface area contributed by atoms with Crippen LogP contribution in [0.15, 0.2) is 54.6 Å². The van der Waals surface area contributed by atoms with Crippen molar-refractivity contribution in [1.29, 1.82) is 0 Å². The van der Waals surface area contributed by atoms with E-state index >= 15 is 0 Å². The molecule has 2 rings (SSSR count). The van der Waals surface area contributed by atoms with E-state index in [9.17, 15) is 9.59 Å². The van der Waals surface area contributed by atoms with Gasteiger partial charge in [-0.3, -0.25) is 9.59 Å². The number of benzene rings is 2. The van der Waals surface area contributed by atoms with E-state index in [1.807, 2.05) is 61.5 Å². The number of hydrogen-bond donors (Lipinski definition) is 1. The Kier molecular flexibility index (Phi) is 7.09. The first-order chi connectivity index (χ1) is 14.0. The molecule has 2 aromatic rings. The number of nitrogens with two attached hydrogens (primary N) is 1. The van der Waals surface area contributed by atoms with Crippen molar-refractivity contribution in [2.24, 2.45) is 5.73 Å². The van der Waals surface area contributed by atoms with Gasteiger partial charge in [-0.2, -0.15) is 0 Å². The SMILES string of the molecule is CCOC(=O)[C@](C)(N)C(CC)(C(=O)OC(C)(C)C)c1ccc(-c2ccccc2)cc1. The molecule has 0 aliphatic rings. The van der Waals surface area contributed by atoms with Gasteiger partial charge in [0.2, 0.25) is 0 Å². The minimum Gasteiger partial charge on any atom is -0.465 e. The number of ether oxygens (including phenoxy) is 2. The quantitative estimate of drug-likeness (QED) is 0.673. The summed E-state index contributed by atoms with van der Waals surface area (Å²) in [6, 6.07) is 17.5. The molecule has 0 saturated carbocycles. The van der Waals surface area contributed by atoms with E-state index in [1.165, 1.54) is 0 Å². The van der Waals surface area contributed by atoms with Crippen LogP contribution in [0.4, 0.5) is 0 Å². The van der Waals surface area contributed by atoms with Crippen molar-refractivity contribution < 1.29 is 19.1 Å². The molecule has 0 fully saturated rings. The van der Waals surface area contributed by atoms with Crippen LogP contribution in [-0.2, 0) is 24.5 Å². The second kappa shape index (κ2) is 9.00. The van der Waals surface area contributed by atoms with E-state index < -0.39 is 28.5 Å². The predicted molar refractivity (Wildman–Crippen MR) is 119 cm³/mol. The summed E-state index contributed by atoms with van der Waals surface area (Å²) in [6.45, 7) is 10.6. The highest BCUT2D eigenvalue weighted by atomic mass is 16.6. The summed E-state index contributed by atoms with van der Waals surface area (Å²) in [5.74, 6) is -1.17. The molecule has 5 heteroatoms. The Morgan fingerprint density at radius 2 is 1.37 bits per heavy atom. The Hall–Kier alpha value is -2.66. The highest BCUT2D eigenvalue weighted by molar-refractivity contribution is 5.96. The molecule has 30 heavy (non-hydrogen) atoms. The second-order valence-electron chi connectivity index (χ2n) is 8.63. The summed E-state index contributed by atoms with van der Waals surface area (Å²) in [7, 11) is 0. The fourth-order valence-corrected chi connectivity index (χ4v) is 3.74. The third kappa shape index (κ3) is 4.57. The molecule has 2 aromatic carbocycles. The maximum absolute atomic E-state index is 13.5. The smallest absolute Gasteiger partial charge is 0.327 e. The molecule has 0 heterocycles.